The highest BCUT2D eigenvalue weighted by atomic mass is 31.2. The van der Waals surface area contributed by atoms with Crippen molar-refractivity contribution in [2.24, 2.45) is 23.7 Å². The Bertz CT molecular complexity index is 1840. The van der Waals surface area contributed by atoms with Crippen molar-refractivity contribution in [3.8, 4) is 0 Å². The van der Waals surface area contributed by atoms with Crippen LogP contribution in [0.4, 0.5) is 0 Å². The first-order valence-electron chi connectivity index (χ1n) is 38.2. The molecule has 0 rings (SSSR count). The van der Waals surface area contributed by atoms with Gasteiger partial charge in [0.1, 0.15) is 19.3 Å². The minimum Gasteiger partial charge on any atom is -0.462 e. The van der Waals surface area contributed by atoms with E-state index in [2.05, 4.69) is 55.4 Å². The van der Waals surface area contributed by atoms with Gasteiger partial charge < -0.3 is 33.8 Å². The number of hydrogen-bond acceptors (Lipinski definition) is 15. The number of phosphoric acid groups is 2. The maximum Gasteiger partial charge on any atom is 0.472 e. The minimum absolute atomic E-state index is 0.102. The van der Waals surface area contributed by atoms with Crippen LogP contribution in [0, 0.1) is 23.7 Å². The van der Waals surface area contributed by atoms with Crippen LogP contribution in [0.15, 0.2) is 0 Å². The zero-order chi connectivity index (χ0) is 68.9. The van der Waals surface area contributed by atoms with Crippen LogP contribution in [-0.2, 0) is 65.4 Å². The summed E-state index contributed by atoms with van der Waals surface area (Å²) in [5.74, 6) is 0.865. The second-order valence-electron chi connectivity index (χ2n) is 28.4. The number of aliphatic hydroxyl groups is 1. The molecule has 0 aliphatic heterocycles. The van der Waals surface area contributed by atoms with Gasteiger partial charge in [-0.1, -0.05) is 319 Å². The third-order valence-electron chi connectivity index (χ3n) is 17.4. The van der Waals surface area contributed by atoms with E-state index in [1.54, 1.807) is 0 Å². The minimum atomic E-state index is -4.96. The Balaban J connectivity index is 5.22. The van der Waals surface area contributed by atoms with Crippen molar-refractivity contribution in [3.05, 3.63) is 0 Å². The third-order valence-corrected chi connectivity index (χ3v) is 19.3. The molecule has 0 aromatic heterocycles. The number of rotatable bonds is 71. The van der Waals surface area contributed by atoms with E-state index in [9.17, 15) is 43.2 Å². The lowest BCUT2D eigenvalue weighted by Gasteiger charge is -2.21. The molecule has 552 valence electrons. The number of ether oxygens (including phenoxy) is 4. The van der Waals surface area contributed by atoms with Gasteiger partial charge in [-0.3, -0.25) is 37.3 Å². The maximum absolute atomic E-state index is 13.1. The monoisotopic (exact) mass is 1370 g/mol. The predicted molar refractivity (Wildman–Crippen MR) is 377 cm³/mol. The summed E-state index contributed by atoms with van der Waals surface area (Å²) in [4.78, 5) is 72.6. The molecular formula is C74H144O17P2. The quantitative estimate of drug-likeness (QED) is 0.0222. The van der Waals surface area contributed by atoms with Gasteiger partial charge in [0, 0.05) is 25.7 Å². The topological polar surface area (TPSA) is 237 Å². The lowest BCUT2D eigenvalue weighted by molar-refractivity contribution is -0.161. The lowest BCUT2D eigenvalue weighted by atomic mass is 10.00. The molecule has 3 N–H and O–H groups in total. The van der Waals surface area contributed by atoms with Gasteiger partial charge in [0.05, 0.1) is 26.4 Å². The van der Waals surface area contributed by atoms with Gasteiger partial charge in [0.25, 0.3) is 0 Å². The van der Waals surface area contributed by atoms with E-state index < -0.39 is 97.5 Å². The molecule has 0 aliphatic rings. The predicted octanol–water partition coefficient (Wildman–Crippen LogP) is 21.3. The average Bonchev–Trinajstić information content (AvgIpc) is 2.77. The summed E-state index contributed by atoms with van der Waals surface area (Å²) in [5, 5.41) is 10.6. The molecule has 0 bridgehead atoms. The van der Waals surface area contributed by atoms with E-state index >= 15 is 0 Å². The molecule has 0 aromatic rings. The molecule has 6 atom stereocenters. The number of carbonyl (C=O) groups is 4. The SMILES string of the molecule is CCC(C)CCCCCCCCC(=O)O[C@H](COC(=O)CCCCCCCCC(C)C)COP(=O)(O)OC[C@H](O)COP(=O)(O)OC[C@@H](COC(=O)CCCCCCCCCCCCCCCC(C)C)OC(=O)CCCCCCCCCCCCCCCCCC(C)C. The van der Waals surface area contributed by atoms with E-state index in [4.69, 9.17) is 37.0 Å². The summed E-state index contributed by atoms with van der Waals surface area (Å²) in [6, 6.07) is 0. The molecule has 93 heavy (non-hydrogen) atoms. The van der Waals surface area contributed by atoms with Crippen LogP contribution in [0.3, 0.4) is 0 Å². The van der Waals surface area contributed by atoms with Crippen molar-refractivity contribution in [2.75, 3.05) is 39.6 Å². The van der Waals surface area contributed by atoms with E-state index in [1.165, 1.54) is 167 Å². The normalized spacial score (nSPS) is 14.5. The molecule has 19 heteroatoms. The standard InChI is InChI=1S/C74H144O17P2/c1-9-67(8)53-45-37-31-33-41-49-57-74(79)91-70(61-85-72(77)55-47-39-32-30-36-44-52-66(6)7)63-89-93(82,83)87-59-68(75)58-86-92(80,81)88-62-69(60-84-71(76)54-46-38-28-24-20-17-13-15-19-23-27-35-43-51-65(4)5)90-73(78)56-48-40-29-25-21-16-12-10-11-14-18-22-26-34-42-50-64(2)3/h64-70,75H,9-63H2,1-8H3,(H,80,81)(H,82,83)/t67?,68-,69-,70-/m1/s1. The zero-order valence-electron chi connectivity index (χ0n) is 60.9. The summed E-state index contributed by atoms with van der Waals surface area (Å²) in [6.07, 6.45) is 47.4. The van der Waals surface area contributed by atoms with E-state index in [0.29, 0.717) is 31.6 Å². The molecule has 3 unspecified atom stereocenters. The second kappa shape index (κ2) is 63.5. The van der Waals surface area contributed by atoms with Crippen molar-refractivity contribution >= 4 is 39.5 Å². The Morgan fingerprint density at radius 2 is 0.516 bits per heavy atom. The molecule has 0 heterocycles. The Morgan fingerprint density at radius 3 is 0.763 bits per heavy atom. The number of aliphatic hydroxyl groups excluding tert-OH is 1. The van der Waals surface area contributed by atoms with Crippen molar-refractivity contribution in [2.45, 2.75) is 388 Å². The van der Waals surface area contributed by atoms with Crippen LogP contribution in [0.2, 0.25) is 0 Å². The van der Waals surface area contributed by atoms with Gasteiger partial charge in [-0.2, -0.15) is 0 Å². The van der Waals surface area contributed by atoms with Crippen molar-refractivity contribution in [1.29, 1.82) is 0 Å². The first kappa shape index (κ1) is 91.1. The smallest absolute Gasteiger partial charge is 0.462 e. The lowest BCUT2D eigenvalue weighted by Crippen LogP contribution is -2.30. The molecular weight excluding hydrogens is 1220 g/mol. The van der Waals surface area contributed by atoms with Gasteiger partial charge in [-0.05, 0) is 49.4 Å². The van der Waals surface area contributed by atoms with E-state index in [0.717, 1.165) is 114 Å². The van der Waals surface area contributed by atoms with Crippen LogP contribution in [-0.4, -0.2) is 96.7 Å². The summed E-state index contributed by atoms with van der Waals surface area (Å²) in [5.41, 5.74) is 0. The number of esters is 4. The van der Waals surface area contributed by atoms with Crippen LogP contribution in [0.1, 0.15) is 370 Å². The van der Waals surface area contributed by atoms with Gasteiger partial charge >= 0.3 is 39.5 Å². The summed E-state index contributed by atoms with van der Waals surface area (Å²) in [7, 11) is -9.91. The Labute approximate surface area is 568 Å². The fourth-order valence-corrected chi connectivity index (χ4v) is 12.7. The van der Waals surface area contributed by atoms with Gasteiger partial charge in [0.2, 0.25) is 0 Å². The fourth-order valence-electron chi connectivity index (χ4n) is 11.2. The Hall–Kier alpha value is -1.94. The van der Waals surface area contributed by atoms with Crippen LogP contribution in [0.5, 0.6) is 0 Å². The summed E-state index contributed by atoms with van der Waals surface area (Å²) in [6.45, 7) is 14.1. The van der Waals surface area contributed by atoms with Crippen LogP contribution >= 0.6 is 15.6 Å². The van der Waals surface area contributed by atoms with Gasteiger partial charge in [0.15, 0.2) is 12.2 Å². The number of hydrogen-bond donors (Lipinski definition) is 3. The zero-order valence-corrected chi connectivity index (χ0v) is 62.7. The molecule has 0 aromatic carbocycles. The van der Waals surface area contributed by atoms with Crippen LogP contribution in [0.25, 0.3) is 0 Å². The maximum atomic E-state index is 13.1. The second-order valence-corrected chi connectivity index (χ2v) is 31.3. The highest BCUT2D eigenvalue weighted by molar-refractivity contribution is 7.47. The fraction of sp³-hybridized carbons (Fsp3) is 0.946. The molecule has 0 aliphatic carbocycles. The highest BCUT2D eigenvalue weighted by Crippen LogP contribution is 2.45. The molecule has 0 saturated carbocycles. The number of phosphoric ester groups is 2. The first-order chi connectivity index (χ1) is 44.6. The molecule has 0 amide bonds. The molecule has 0 radical (unpaired) electrons. The molecule has 0 saturated heterocycles. The van der Waals surface area contributed by atoms with E-state index in [1.807, 2.05) is 0 Å². The number of carbonyl (C=O) groups excluding carboxylic acids is 4. The Kier molecular flexibility index (Phi) is 62.2. The largest absolute Gasteiger partial charge is 0.472 e. The van der Waals surface area contributed by atoms with E-state index in [-0.39, 0.29) is 25.7 Å². The number of unbranched alkanes of at least 4 members (excludes halogenated alkanes) is 36. The molecule has 0 fully saturated rings. The van der Waals surface area contributed by atoms with Gasteiger partial charge in [-0.25, -0.2) is 9.13 Å². The van der Waals surface area contributed by atoms with Gasteiger partial charge in [-0.15, -0.1) is 0 Å². The molecule has 17 nitrogen and oxygen atoms in total. The Morgan fingerprint density at radius 1 is 0.301 bits per heavy atom. The highest BCUT2D eigenvalue weighted by Gasteiger charge is 2.30. The average molecular weight is 1370 g/mol. The van der Waals surface area contributed by atoms with Crippen molar-refractivity contribution in [1.82, 2.24) is 0 Å². The third kappa shape index (κ3) is 67.0. The van der Waals surface area contributed by atoms with Crippen LogP contribution < -0.4 is 0 Å². The van der Waals surface area contributed by atoms with Crippen molar-refractivity contribution in [3.63, 3.8) is 0 Å². The molecule has 0 spiro atoms. The first-order valence-corrected chi connectivity index (χ1v) is 41.2. The summed E-state index contributed by atoms with van der Waals surface area (Å²) < 4.78 is 68.4. The summed E-state index contributed by atoms with van der Waals surface area (Å²) >= 11 is 0. The van der Waals surface area contributed by atoms with Crippen molar-refractivity contribution < 1.29 is 80.2 Å².